The molecule has 2 amide bonds. The summed E-state index contributed by atoms with van der Waals surface area (Å²) in [5.74, 6) is 1.52. The minimum atomic E-state index is -0.268. The van der Waals surface area contributed by atoms with Crippen LogP contribution in [0.3, 0.4) is 0 Å². The Bertz CT molecular complexity index is 1280. The third kappa shape index (κ3) is 3.79. The van der Waals surface area contributed by atoms with E-state index in [1.165, 1.54) is 13.3 Å². The molecule has 4 aliphatic carbocycles. The highest BCUT2D eigenvalue weighted by molar-refractivity contribution is 9.10. The van der Waals surface area contributed by atoms with E-state index < -0.39 is 0 Å². The lowest BCUT2D eigenvalue weighted by atomic mass is 9.63. The molecule has 5 aliphatic rings. The number of hydrogen-bond acceptors (Lipinski definition) is 5. The number of carbonyl (C=O) groups excluding carboxylic acids is 2. The number of carbonyl (C=O) groups is 2. The topological polar surface area (TPSA) is 68.2 Å². The van der Waals surface area contributed by atoms with E-state index in [0.29, 0.717) is 43.4 Å². The highest BCUT2D eigenvalue weighted by atomic mass is 79.9. The summed E-state index contributed by atoms with van der Waals surface area (Å²) >= 11 is 15.7. The van der Waals surface area contributed by atoms with Gasteiger partial charge in [0.2, 0.25) is 0 Å². The monoisotopic (exact) mass is 574 g/mol. The molecule has 2 bridgehead atoms. The molecule has 1 aliphatic heterocycles. The van der Waals surface area contributed by atoms with Crippen molar-refractivity contribution in [3.63, 3.8) is 0 Å². The van der Waals surface area contributed by atoms with E-state index in [2.05, 4.69) is 33.2 Å². The average molecular weight is 576 g/mol. The highest BCUT2D eigenvalue weighted by Gasteiger charge is 2.67. The molecule has 180 valence electrons. The Kier molecular flexibility index (Phi) is 5.70. The Morgan fingerprint density at radius 1 is 1.09 bits per heavy atom. The number of hydrogen-bond donors (Lipinski definition) is 0. The van der Waals surface area contributed by atoms with Crippen molar-refractivity contribution < 1.29 is 19.1 Å². The molecule has 0 unspecified atom stereocenters. The van der Waals surface area contributed by atoms with Crippen LogP contribution in [-0.4, -0.2) is 30.1 Å². The predicted octanol–water partition coefficient (Wildman–Crippen LogP) is 5.73. The van der Waals surface area contributed by atoms with E-state index in [1.807, 2.05) is 0 Å². The summed E-state index contributed by atoms with van der Waals surface area (Å²) in [5.41, 5.74) is 1.44. The molecule has 1 saturated heterocycles. The summed E-state index contributed by atoms with van der Waals surface area (Å²) in [6.07, 6.45) is 6.94. The molecule has 0 radical (unpaired) electrons. The summed E-state index contributed by atoms with van der Waals surface area (Å²) in [4.78, 5) is 26.2. The number of halogens is 3. The van der Waals surface area contributed by atoms with Gasteiger partial charge in [0.05, 0.1) is 29.6 Å². The third-order valence-electron chi connectivity index (χ3n) is 7.60. The number of benzene rings is 2. The zero-order valence-electron chi connectivity index (χ0n) is 18.7. The van der Waals surface area contributed by atoms with Crippen LogP contribution in [0.1, 0.15) is 17.5 Å². The van der Waals surface area contributed by atoms with Crippen molar-refractivity contribution in [1.29, 1.82) is 0 Å². The SMILES string of the molecule is COc1cc(C=NN2C(=O)[C@@H]3[C@H]4C=C[C@@H]([C@@H]5C[C@H]45)[C@@H]3C2=O)cc(Br)c1OCc1ccc(Cl)cc1Cl. The maximum absolute atomic E-state index is 13.1. The van der Waals surface area contributed by atoms with E-state index in [4.69, 9.17) is 32.7 Å². The van der Waals surface area contributed by atoms with Crippen LogP contribution < -0.4 is 9.47 Å². The van der Waals surface area contributed by atoms with Crippen LogP contribution in [0.2, 0.25) is 10.0 Å². The summed E-state index contributed by atoms with van der Waals surface area (Å²) in [5, 5.41) is 6.44. The summed E-state index contributed by atoms with van der Waals surface area (Å²) < 4.78 is 12.1. The lowest BCUT2D eigenvalue weighted by Crippen LogP contribution is -2.40. The van der Waals surface area contributed by atoms with Crippen LogP contribution in [0.4, 0.5) is 0 Å². The van der Waals surface area contributed by atoms with Gasteiger partial charge in [0.15, 0.2) is 11.5 Å². The number of allylic oxidation sites excluding steroid dienone is 2. The quantitative estimate of drug-likeness (QED) is 0.250. The van der Waals surface area contributed by atoms with Gasteiger partial charge in [-0.1, -0.05) is 41.4 Å². The van der Waals surface area contributed by atoms with Gasteiger partial charge in [0, 0.05) is 15.6 Å². The van der Waals surface area contributed by atoms with E-state index in [0.717, 1.165) is 17.0 Å². The molecule has 7 rings (SSSR count). The second-order valence-corrected chi connectivity index (χ2v) is 11.1. The number of hydrazone groups is 1. The van der Waals surface area contributed by atoms with E-state index in [-0.39, 0.29) is 42.1 Å². The smallest absolute Gasteiger partial charge is 0.254 e. The Hall–Kier alpha value is -2.35. The van der Waals surface area contributed by atoms with Crippen LogP contribution in [0, 0.1) is 35.5 Å². The lowest BCUT2D eigenvalue weighted by molar-refractivity contribution is -0.140. The summed E-state index contributed by atoms with van der Waals surface area (Å²) in [6, 6.07) is 8.75. The molecule has 0 spiro atoms. The van der Waals surface area contributed by atoms with Gasteiger partial charge in [-0.05, 0) is 75.9 Å². The maximum Gasteiger partial charge on any atom is 0.254 e. The van der Waals surface area contributed by atoms with E-state index >= 15 is 0 Å². The summed E-state index contributed by atoms with van der Waals surface area (Å²) in [6.45, 7) is 0.219. The molecule has 0 N–H and O–H groups in total. The lowest BCUT2D eigenvalue weighted by Gasteiger charge is -2.37. The maximum atomic E-state index is 13.1. The average Bonchev–Trinajstić information content (AvgIpc) is 3.62. The van der Waals surface area contributed by atoms with Gasteiger partial charge >= 0.3 is 0 Å². The molecule has 3 fully saturated rings. The molecule has 2 aromatic carbocycles. The van der Waals surface area contributed by atoms with Crippen molar-refractivity contribution in [2.45, 2.75) is 13.0 Å². The van der Waals surface area contributed by atoms with Gasteiger partial charge in [-0.2, -0.15) is 10.1 Å². The van der Waals surface area contributed by atoms with Gasteiger partial charge < -0.3 is 9.47 Å². The largest absolute Gasteiger partial charge is 0.493 e. The fourth-order valence-corrected chi connectivity index (χ4v) is 6.96. The Morgan fingerprint density at radius 3 is 2.40 bits per heavy atom. The molecular formula is C26H21BrCl2N2O4. The zero-order valence-corrected chi connectivity index (χ0v) is 21.8. The molecular weight excluding hydrogens is 555 g/mol. The third-order valence-corrected chi connectivity index (χ3v) is 8.78. The molecule has 2 aromatic rings. The van der Waals surface area contributed by atoms with Crippen molar-refractivity contribution in [3.05, 3.63) is 68.1 Å². The van der Waals surface area contributed by atoms with Crippen LogP contribution >= 0.6 is 39.1 Å². The number of amides is 2. The Morgan fingerprint density at radius 2 is 1.77 bits per heavy atom. The predicted molar refractivity (Wildman–Crippen MR) is 136 cm³/mol. The first-order valence-electron chi connectivity index (χ1n) is 11.4. The molecule has 9 heteroatoms. The van der Waals surface area contributed by atoms with Crippen molar-refractivity contribution in [3.8, 4) is 11.5 Å². The zero-order chi connectivity index (χ0) is 24.4. The Labute approximate surface area is 221 Å². The number of rotatable bonds is 6. The minimum absolute atomic E-state index is 0.173. The van der Waals surface area contributed by atoms with Gasteiger partial charge in [0.1, 0.15) is 6.61 Å². The fraction of sp³-hybridized carbons (Fsp3) is 0.346. The first-order valence-corrected chi connectivity index (χ1v) is 13.0. The second kappa shape index (κ2) is 8.64. The Balaban J connectivity index is 1.21. The van der Waals surface area contributed by atoms with Crippen molar-refractivity contribution in [1.82, 2.24) is 5.01 Å². The van der Waals surface area contributed by atoms with Gasteiger partial charge in [-0.3, -0.25) is 9.59 Å². The second-order valence-electron chi connectivity index (χ2n) is 9.45. The molecule has 6 atom stereocenters. The standard InChI is InChI=1S/C26H21BrCl2N2O4/c1-34-21-7-12(6-19(27)24(21)35-11-13-2-3-14(28)8-20(13)29)10-30-31-25(32)22-15-4-5-16(18-9-17(15)18)23(22)26(31)33/h2-8,10,15-18,22-23H,9,11H2,1H3/t15-,16-,17-,18+,22-,23+/m0/s1. The van der Waals surface area contributed by atoms with Crippen LogP contribution in [0.15, 0.2) is 52.1 Å². The van der Waals surface area contributed by atoms with Gasteiger partial charge in [0.25, 0.3) is 11.8 Å². The van der Waals surface area contributed by atoms with Crippen molar-refractivity contribution in [2.24, 2.45) is 40.6 Å². The van der Waals surface area contributed by atoms with Crippen LogP contribution in [0.5, 0.6) is 11.5 Å². The highest BCUT2D eigenvalue weighted by Crippen LogP contribution is 2.65. The molecule has 35 heavy (non-hydrogen) atoms. The number of methoxy groups -OCH3 is 1. The summed E-state index contributed by atoms with van der Waals surface area (Å²) in [7, 11) is 1.54. The number of ether oxygens (including phenoxy) is 2. The first-order chi connectivity index (χ1) is 16.9. The molecule has 6 nitrogen and oxygen atoms in total. The van der Waals surface area contributed by atoms with Gasteiger partial charge in [-0.25, -0.2) is 0 Å². The molecule has 1 heterocycles. The first kappa shape index (κ1) is 23.1. The minimum Gasteiger partial charge on any atom is -0.493 e. The normalized spacial score (nSPS) is 30.1. The van der Waals surface area contributed by atoms with Crippen LogP contribution in [0.25, 0.3) is 0 Å². The number of imide groups is 1. The fourth-order valence-electron chi connectivity index (χ4n) is 5.92. The van der Waals surface area contributed by atoms with Crippen LogP contribution in [-0.2, 0) is 16.2 Å². The van der Waals surface area contributed by atoms with Gasteiger partial charge in [-0.15, -0.1) is 0 Å². The van der Waals surface area contributed by atoms with Crippen molar-refractivity contribution in [2.75, 3.05) is 7.11 Å². The van der Waals surface area contributed by atoms with E-state index in [9.17, 15) is 9.59 Å². The molecule has 0 aromatic heterocycles. The molecule has 2 saturated carbocycles. The van der Waals surface area contributed by atoms with E-state index in [1.54, 1.807) is 30.3 Å². The number of nitrogens with zero attached hydrogens (tertiary/aromatic N) is 2. The van der Waals surface area contributed by atoms with Crippen molar-refractivity contribution >= 4 is 57.2 Å².